The molecule has 1 heteroatoms. The van der Waals surface area contributed by atoms with Crippen molar-refractivity contribution in [3.05, 3.63) is 47.5 Å². The second-order valence-corrected chi connectivity index (χ2v) is 4.06. The van der Waals surface area contributed by atoms with Crippen molar-refractivity contribution in [1.29, 1.82) is 0 Å². The molecule has 0 heterocycles. The molecule has 0 saturated heterocycles. The van der Waals surface area contributed by atoms with Gasteiger partial charge in [-0.25, -0.2) is 0 Å². The molecular weight excluding hydrogens is 172 g/mol. The van der Waals surface area contributed by atoms with Crippen molar-refractivity contribution in [2.45, 2.75) is 19.8 Å². The van der Waals surface area contributed by atoms with Crippen LogP contribution in [-0.4, -0.2) is 5.78 Å². The molecule has 72 valence electrons. The molecule has 0 fully saturated rings. The van der Waals surface area contributed by atoms with Crippen molar-refractivity contribution in [3.8, 4) is 0 Å². The van der Waals surface area contributed by atoms with Gasteiger partial charge in [-0.05, 0) is 12.5 Å². The van der Waals surface area contributed by atoms with Gasteiger partial charge in [-0.3, -0.25) is 4.79 Å². The van der Waals surface area contributed by atoms with Crippen molar-refractivity contribution in [3.63, 3.8) is 0 Å². The van der Waals surface area contributed by atoms with Gasteiger partial charge in [0.05, 0.1) is 0 Å². The number of benzene rings is 1. The lowest BCUT2D eigenvalue weighted by atomic mass is 9.88. The third-order valence-electron chi connectivity index (χ3n) is 3.01. The van der Waals surface area contributed by atoms with Crippen LogP contribution in [-0.2, 0) is 0 Å². The van der Waals surface area contributed by atoms with Crippen LogP contribution in [0.15, 0.2) is 36.4 Å². The highest BCUT2D eigenvalue weighted by molar-refractivity contribution is 6.03. The maximum absolute atomic E-state index is 11.9. The molecule has 14 heavy (non-hydrogen) atoms. The van der Waals surface area contributed by atoms with E-state index in [2.05, 4.69) is 6.58 Å². The topological polar surface area (TPSA) is 17.1 Å². The zero-order valence-electron chi connectivity index (χ0n) is 8.58. The standard InChI is InChI=1S/C13H14O/c1-8(2)12-9(3)13(14)11-7-5-4-6-10(11)12/h4-7,9,12H,1H2,2-3H3/t9-,12-/m0/s1. The summed E-state index contributed by atoms with van der Waals surface area (Å²) < 4.78 is 0. The normalized spacial score (nSPS) is 24.9. The molecular formula is C13H14O. The lowest BCUT2D eigenvalue weighted by Gasteiger charge is -2.14. The van der Waals surface area contributed by atoms with Gasteiger partial charge in [-0.2, -0.15) is 0 Å². The number of carbonyl (C=O) groups excluding carboxylic acids is 1. The van der Waals surface area contributed by atoms with Crippen molar-refractivity contribution in [1.82, 2.24) is 0 Å². The number of allylic oxidation sites excluding steroid dienone is 1. The highest BCUT2D eigenvalue weighted by Gasteiger charge is 2.36. The Labute approximate surface area is 84.5 Å². The third-order valence-corrected chi connectivity index (χ3v) is 3.01. The molecule has 1 aliphatic carbocycles. The van der Waals surface area contributed by atoms with E-state index in [9.17, 15) is 4.79 Å². The van der Waals surface area contributed by atoms with E-state index in [1.165, 1.54) is 0 Å². The summed E-state index contributed by atoms with van der Waals surface area (Å²) in [7, 11) is 0. The Morgan fingerprint density at radius 2 is 2.00 bits per heavy atom. The van der Waals surface area contributed by atoms with Crippen LogP contribution in [0.25, 0.3) is 0 Å². The van der Waals surface area contributed by atoms with Crippen molar-refractivity contribution in [2.24, 2.45) is 5.92 Å². The molecule has 0 bridgehead atoms. The molecule has 0 aliphatic heterocycles. The monoisotopic (exact) mass is 186 g/mol. The smallest absolute Gasteiger partial charge is 0.166 e. The summed E-state index contributed by atoms with van der Waals surface area (Å²) in [6.07, 6.45) is 0. The molecule has 0 amide bonds. The first-order chi connectivity index (χ1) is 6.63. The minimum Gasteiger partial charge on any atom is -0.294 e. The number of rotatable bonds is 1. The van der Waals surface area contributed by atoms with E-state index < -0.39 is 0 Å². The van der Waals surface area contributed by atoms with Gasteiger partial charge < -0.3 is 0 Å². The number of Topliss-reactive ketones (excluding diaryl/α,β-unsaturated/α-hetero) is 1. The summed E-state index contributed by atoms with van der Waals surface area (Å²) in [4.78, 5) is 11.9. The van der Waals surface area contributed by atoms with Crippen LogP contribution in [0.1, 0.15) is 35.7 Å². The zero-order valence-corrected chi connectivity index (χ0v) is 8.58. The van der Waals surface area contributed by atoms with Gasteiger partial charge in [0.2, 0.25) is 0 Å². The molecule has 0 N–H and O–H groups in total. The second-order valence-electron chi connectivity index (χ2n) is 4.06. The average molecular weight is 186 g/mol. The van der Waals surface area contributed by atoms with Gasteiger partial charge in [0, 0.05) is 17.4 Å². The minimum absolute atomic E-state index is 0.0601. The molecule has 1 aliphatic rings. The molecule has 0 unspecified atom stereocenters. The minimum atomic E-state index is 0.0601. The van der Waals surface area contributed by atoms with Gasteiger partial charge in [0.1, 0.15) is 0 Å². The number of fused-ring (bicyclic) bond motifs is 1. The molecule has 1 nitrogen and oxygen atoms in total. The van der Waals surface area contributed by atoms with Crippen molar-refractivity contribution < 1.29 is 4.79 Å². The molecule has 2 atom stereocenters. The Kier molecular flexibility index (Phi) is 2.03. The fourth-order valence-electron chi connectivity index (χ4n) is 2.35. The lowest BCUT2D eigenvalue weighted by molar-refractivity contribution is 0.0939. The summed E-state index contributed by atoms with van der Waals surface area (Å²) in [6.45, 7) is 7.95. The zero-order chi connectivity index (χ0) is 10.3. The number of hydrogen-bond donors (Lipinski definition) is 0. The first-order valence-corrected chi connectivity index (χ1v) is 4.91. The van der Waals surface area contributed by atoms with Gasteiger partial charge in [0.15, 0.2) is 5.78 Å². The molecule has 0 aromatic heterocycles. The van der Waals surface area contributed by atoms with E-state index in [1.54, 1.807) is 0 Å². The van der Waals surface area contributed by atoms with Crippen LogP contribution >= 0.6 is 0 Å². The summed E-state index contributed by atoms with van der Waals surface area (Å²) in [5, 5.41) is 0. The summed E-state index contributed by atoms with van der Waals surface area (Å²) in [6, 6.07) is 7.86. The van der Waals surface area contributed by atoms with Crippen molar-refractivity contribution in [2.75, 3.05) is 0 Å². The fraction of sp³-hybridized carbons (Fsp3) is 0.308. The molecule has 0 radical (unpaired) electrons. The third kappa shape index (κ3) is 1.12. The summed E-state index contributed by atoms with van der Waals surface area (Å²) in [5.74, 6) is 0.539. The van der Waals surface area contributed by atoms with Gasteiger partial charge in [0.25, 0.3) is 0 Å². The Morgan fingerprint density at radius 1 is 1.36 bits per heavy atom. The van der Waals surface area contributed by atoms with Crippen LogP contribution in [0.3, 0.4) is 0 Å². The molecule has 0 spiro atoms. The number of ketones is 1. The quantitative estimate of drug-likeness (QED) is 0.616. The van der Waals surface area contributed by atoms with Gasteiger partial charge in [-0.1, -0.05) is 43.3 Å². The van der Waals surface area contributed by atoms with Gasteiger partial charge in [-0.15, -0.1) is 0 Å². The van der Waals surface area contributed by atoms with E-state index >= 15 is 0 Å². The van der Waals surface area contributed by atoms with Crippen LogP contribution in [0.4, 0.5) is 0 Å². The summed E-state index contributed by atoms with van der Waals surface area (Å²) >= 11 is 0. The lowest BCUT2D eigenvalue weighted by Crippen LogP contribution is -2.09. The first-order valence-electron chi connectivity index (χ1n) is 4.91. The van der Waals surface area contributed by atoms with Crippen LogP contribution < -0.4 is 0 Å². The van der Waals surface area contributed by atoms with Gasteiger partial charge >= 0.3 is 0 Å². The Morgan fingerprint density at radius 3 is 2.64 bits per heavy atom. The number of hydrogen-bond acceptors (Lipinski definition) is 1. The molecule has 2 rings (SSSR count). The SMILES string of the molecule is C=C(C)[C@@H]1c2ccccc2C(=O)[C@H]1C. The maximum atomic E-state index is 11.9. The second kappa shape index (κ2) is 3.09. The highest BCUT2D eigenvalue weighted by atomic mass is 16.1. The predicted molar refractivity (Wildman–Crippen MR) is 57.5 cm³/mol. The van der Waals surface area contributed by atoms with E-state index in [1.807, 2.05) is 38.1 Å². The molecule has 0 saturated carbocycles. The van der Waals surface area contributed by atoms with E-state index in [4.69, 9.17) is 0 Å². The van der Waals surface area contributed by atoms with Crippen LogP contribution in [0.2, 0.25) is 0 Å². The summed E-state index contributed by atoms with van der Waals surface area (Å²) in [5.41, 5.74) is 3.11. The maximum Gasteiger partial charge on any atom is 0.166 e. The largest absolute Gasteiger partial charge is 0.294 e. The Balaban J connectivity index is 2.59. The number of carbonyl (C=O) groups is 1. The predicted octanol–water partition coefficient (Wildman–Crippen LogP) is 3.18. The highest BCUT2D eigenvalue weighted by Crippen LogP contribution is 2.41. The van der Waals surface area contributed by atoms with Crippen molar-refractivity contribution >= 4 is 5.78 Å². The first kappa shape index (κ1) is 9.20. The Hall–Kier alpha value is -1.37. The fourth-order valence-corrected chi connectivity index (χ4v) is 2.35. The van der Waals surface area contributed by atoms with E-state index in [-0.39, 0.29) is 17.6 Å². The average Bonchev–Trinajstić information content (AvgIpc) is 2.41. The molecule has 1 aromatic carbocycles. The van der Waals surface area contributed by atoms with E-state index in [0.29, 0.717) is 0 Å². The van der Waals surface area contributed by atoms with Crippen LogP contribution in [0.5, 0.6) is 0 Å². The molecule has 1 aromatic rings. The van der Waals surface area contributed by atoms with Crippen LogP contribution in [0, 0.1) is 5.92 Å². The van der Waals surface area contributed by atoms with E-state index in [0.717, 1.165) is 16.7 Å². The Bertz CT molecular complexity index is 403.